The van der Waals surface area contributed by atoms with E-state index < -0.39 is 32.3 Å². The third kappa shape index (κ3) is 4.08. The van der Waals surface area contributed by atoms with E-state index in [1.165, 1.54) is 13.8 Å². The van der Waals surface area contributed by atoms with Crippen molar-refractivity contribution >= 4 is 15.8 Å². The number of nitrogens with zero attached hydrogens (tertiary/aromatic N) is 1. The Morgan fingerprint density at radius 1 is 1.30 bits per heavy atom. The van der Waals surface area contributed by atoms with Crippen LogP contribution in [-0.2, 0) is 27.4 Å². The van der Waals surface area contributed by atoms with Crippen LogP contribution in [0.15, 0.2) is 18.3 Å². The minimum atomic E-state index is -4.51. The summed E-state index contributed by atoms with van der Waals surface area (Å²) in [4.78, 5) is 15.9. The highest BCUT2D eigenvalue weighted by Gasteiger charge is 2.43. The van der Waals surface area contributed by atoms with Gasteiger partial charge in [-0.25, -0.2) is 13.1 Å². The number of pyridine rings is 1. The van der Waals surface area contributed by atoms with E-state index in [0.717, 1.165) is 25.0 Å². The molecule has 0 atom stereocenters. The summed E-state index contributed by atoms with van der Waals surface area (Å²) in [6, 6.07) is 1.77. The molecule has 0 radical (unpaired) electrons. The predicted octanol–water partition coefficient (Wildman–Crippen LogP) is 2.07. The lowest BCUT2D eigenvalue weighted by molar-refractivity contribution is -0.137. The van der Waals surface area contributed by atoms with Gasteiger partial charge < -0.3 is 0 Å². The van der Waals surface area contributed by atoms with E-state index in [9.17, 15) is 26.4 Å². The van der Waals surface area contributed by atoms with E-state index in [4.69, 9.17) is 0 Å². The van der Waals surface area contributed by atoms with E-state index >= 15 is 0 Å². The van der Waals surface area contributed by atoms with Crippen LogP contribution in [0, 0.1) is 0 Å². The van der Waals surface area contributed by atoms with Crippen LogP contribution >= 0.6 is 0 Å². The zero-order valence-electron chi connectivity index (χ0n) is 12.6. The topological polar surface area (TPSA) is 76.1 Å². The minimum Gasteiger partial charge on any atom is -0.297 e. The van der Waals surface area contributed by atoms with Gasteiger partial charge in [0.25, 0.3) is 0 Å². The van der Waals surface area contributed by atoms with Gasteiger partial charge in [0.05, 0.1) is 12.0 Å². The second-order valence-corrected chi connectivity index (χ2v) is 8.30. The first-order valence-corrected chi connectivity index (χ1v) is 8.49. The smallest absolute Gasteiger partial charge is 0.297 e. The highest BCUT2D eigenvalue weighted by atomic mass is 32.2. The highest BCUT2D eigenvalue weighted by molar-refractivity contribution is 7.91. The molecule has 1 saturated carbocycles. The first kappa shape index (κ1) is 17.9. The minimum absolute atomic E-state index is 0.0951. The molecule has 1 aromatic rings. The molecule has 0 aromatic carbocycles. The maximum absolute atomic E-state index is 12.5. The molecule has 0 unspecified atom stereocenters. The fourth-order valence-corrected chi connectivity index (χ4v) is 3.13. The van der Waals surface area contributed by atoms with Crippen LogP contribution in [0.5, 0.6) is 0 Å². The van der Waals surface area contributed by atoms with Crippen LogP contribution < -0.4 is 4.72 Å². The third-order valence-corrected chi connectivity index (χ3v) is 5.95. The molecule has 0 spiro atoms. The molecular weight excluding hydrogens is 333 g/mol. The normalized spacial score (nSPS) is 16.4. The summed E-state index contributed by atoms with van der Waals surface area (Å²) >= 11 is 0. The van der Waals surface area contributed by atoms with Crippen molar-refractivity contribution in [3.8, 4) is 0 Å². The summed E-state index contributed by atoms with van der Waals surface area (Å²) in [5, 5.41) is 0. The Morgan fingerprint density at radius 3 is 2.35 bits per heavy atom. The largest absolute Gasteiger partial charge is 0.417 e. The third-order valence-electron chi connectivity index (χ3n) is 3.74. The number of ketones is 1. The van der Waals surface area contributed by atoms with E-state index in [1.54, 1.807) is 0 Å². The van der Waals surface area contributed by atoms with E-state index in [0.29, 0.717) is 6.20 Å². The molecule has 9 heteroatoms. The second kappa shape index (κ2) is 5.86. The quantitative estimate of drug-likeness (QED) is 0.852. The summed E-state index contributed by atoms with van der Waals surface area (Å²) in [7, 11) is -3.85. The molecule has 5 nitrogen and oxygen atoms in total. The number of carbonyl (C=O) groups is 1. The van der Waals surface area contributed by atoms with Crippen LogP contribution in [0.4, 0.5) is 13.2 Å². The molecule has 1 heterocycles. The SMILES string of the molecule is CC(C)(C(=O)Cc1ccc(C(F)(F)F)cn1)S(=O)(=O)NC1CC1. The molecule has 2 rings (SSSR count). The van der Waals surface area contributed by atoms with Gasteiger partial charge in [-0.1, -0.05) is 0 Å². The van der Waals surface area contributed by atoms with Gasteiger partial charge in [-0.2, -0.15) is 13.2 Å². The van der Waals surface area contributed by atoms with Gasteiger partial charge in [0.1, 0.15) is 4.75 Å². The lowest BCUT2D eigenvalue weighted by Gasteiger charge is -2.23. The molecule has 23 heavy (non-hydrogen) atoms. The number of carbonyl (C=O) groups excluding carboxylic acids is 1. The van der Waals surface area contributed by atoms with Crippen molar-refractivity contribution in [3.63, 3.8) is 0 Å². The molecule has 0 saturated heterocycles. The molecular formula is C14H17F3N2O3S. The average molecular weight is 350 g/mol. The zero-order valence-corrected chi connectivity index (χ0v) is 13.5. The van der Waals surface area contributed by atoms with Crippen molar-refractivity contribution < 1.29 is 26.4 Å². The van der Waals surface area contributed by atoms with E-state index in [1.807, 2.05) is 0 Å². The van der Waals surface area contributed by atoms with Crippen LogP contribution in [0.3, 0.4) is 0 Å². The van der Waals surface area contributed by atoms with Gasteiger partial charge in [0.2, 0.25) is 10.0 Å². The summed E-state index contributed by atoms with van der Waals surface area (Å²) in [5.41, 5.74) is -0.825. The predicted molar refractivity (Wildman–Crippen MR) is 77.1 cm³/mol. The highest BCUT2D eigenvalue weighted by Crippen LogP contribution is 2.29. The van der Waals surface area contributed by atoms with Crippen LogP contribution in [-0.4, -0.2) is 30.0 Å². The molecule has 1 aliphatic carbocycles. The standard InChI is InChI=1S/C14H17F3N2O3S/c1-13(2,23(21,22)19-10-5-6-10)12(20)7-11-4-3-9(8-18-11)14(15,16)17/h3-4,8,10,19H,5-7H2,1-2H3. The van der Waals surface area contributed by atoms with Gasteiger partial charge in [-0.3, -0.25) is 9.78 Å². The number of nitrogens with one attached hydrogen (secondary N) is 1. The Hall–Kier alpha value is -1.48. The number of hydrogen-bond acceptors (Lipinski definition) is 4. The molecule has 1 aliphatic rings. The van der Waals surface area contributed by atoms with Gasteiger partial charge in [-0.05, 0) is 38.8 Å². The average Bonchev–Trinajstić information content (AvgIpc) is 3.21. The molecule has 0 amide bonds. The van der Waals surface area contributed by atoms with Crippen LogP contribution in [0.2, 0.25) is 0 Å². The first-order chi connectivity index (χ1) is 10.4. The lowest BCUT2D eigenvalue weighted by Crippen LogP contribution is -2.49. The van der Waals surface area contributed by atoms with Gasteiger partial charge in [0.15, 0.2) is 5.78 Å². The Bertz CT molecular complexity index is 693. The molecule has 0 aliphatic heterocycles. The number of aromatic nitrogens is 1. The van der Waals surface area contributed by atoms with Crippen molar-refractivity contribution in [1.29, 1.82) is 0 Å². The number of rotatable bonds is 6. The summed E-state index contributed by atoms with van der Waals surface area (Å²) in [5.74, 6) is -0.627. The van der Waals surface area contributed by atoms with Gasteiger partial charge in [-0.15, -0.1) is 0 Å². The van der Waals surface area contributed by atoms with Gasteiger partial charge >= 0.3 is 6.18 Å². The van der Waals surface area contributed by atoms with Gasteiger partial charge in [0, 0.05) is 17.9 Å². The maximum atomic E-state index is 12.5. The van der Waals surface area contributed by atoms with Crippen molar-refractivity contribution in [3.05, 3.63) is 29.6 Å². The summed E-state index contributed by atoms with van der Waals surface area (Å²) in [6.45, 7) is 2.56. The van der Waals surface area contributed by atoms with E-state index in [-0.39, 0.29) is 18.2 Å². The Labute approximate surface area is 132 Å². The number of halogens is 3. The molecule has 0 bridgehead atoms. The Morgan fingerprint density at radius 2 is 1.91 bits per heavy atom. The number of sulfonamides is 1. The summed E-state index contributed by atoms with van der Waals surface area (Å²) < 4.78 is 62.6. The van der Waals surface area contributed by atoms with Crippen LogP contribution in [0.25, 0.3) is 0 Å². The lowest BCUT2D eigenvalue weighted by atomic mass is 10.0. The maximum Gasteiger partial charge on any atom is 0.417 e. The first-order valence-electron chi connectivity index (χ1n) is 7.01. The number of alkyl halides is 3. The van der Waals surface area contributed by atoms with Crippen LogP contribution in [0.1, 0.15) is 37.9 Å². The summed E-state index contributed by atoms with van der Waals surface area (Å²) in [6.07, 6.45) is -2.75. The number of hydrogen-bond donors (Lipinski definition) is 1. The Balaban J connectivity index is 2.11. The molecule has 128 valence electrons. The monoisotopic (exact) mass is 350 g/mol. The van der Waals surface area contributed by atoms with Crippen molar-refractivity contribution in [2.24, 2.45) is 0 Å². The number of Topliss-reactive ketones (excluding diaryl/α,β-unsaturated/α-hetero) is 1. The zero-order chi connectivity index (χ0) is 17.5. The fraction of sp³-hybridized carbons (Fsp3) is 0.571. The van der Waals surface area contributed by atoms with Crippen molar-refractivity contribution in [2.75, 3.05) is 0 Å². The molecule has 1 fully saturated rings. The second-order valence-electron chi connectivity index (χ2n) is 6.04. The molecule has 1 aromatic heterocycles. The van der Waals surface area contributed by atoms with E-state index in [2.05, 4.69) is 9.71 Å². The fourth-order valence-electron chi connectivity index (χ4n) is 1.79. The molecule has 1 N–H and O–H groups in total. The Kier molecular flexibility index (Phi) is 4.55. The van der Waals surface area contributed by atoms with Crippen molar-refractivity contribution in [2.45, 2.75) is 50.1 Å². The van der Waals surface area contributed by atoms with Crippen molar-refractivity contribution in [1.82, 2.24) is 9.71 Å².